The monoisotopic (exact) mass is 258 g/mol. The van der Waals surface area contributed by atoms with E-state index in [4.69, 9.17) is 10.8 Å². The summed E-state index contributed by atoms with van der Waals surface area (Å²) >= 11 is 0. The molecule has 1 unspecified atom stereocenters. The number of fused-ring (bicyclic) bond motifs is 1. The van der Waals surface area contributed by atoms with Crippen molar-refractivity contribution in [1.29, 1.82) is 0 Å². The molecule has 0 aliphatic rings. The lowest BCUT2D eigenvalue weighted by molar-refractivity contribution is -0.141. The van der Waals surface area contributed by atoms with Crippen molar-refractivity contribution in [2.24, 2.45) is 5.73 Å². The molecule has 0 aliphatic heterocycles. The van der Waals surface area contributed by atoms with Crippen LogP contribution in [0, 0.1) is 6.92 Å². The summed E-state index contributed by atoms with van der Waals surface area (Å²) in [6.45, 7) is 2.00. The Hall–Kier alpha value is -2.40. The van der Waals surface area contributed by atoms with Gasteiger partial charge in [0.1, 0.15) is 0 Å². The number of aliphatic carboxylic acids is 1. The minimum absolute atomic E-state index is 0.526. The Balaban J connectivity index is 2.25. The molecule has 0 aromatic heterocycles. The van der Waals surface area contributed by atoms with Crippen LogP contribution in [0.4, 0.5) is 5.69 Å². The molecule has 0 spiro atoms. The summed E-state index contributed by atoms with van der Waals surface area (Å²) < 4.78 is 0. The molecular formula is C14H14N2O3. The number of hydrogen-bond acceptors (Lipinski definition) is 3. The van der Waals surface area contributed by atoms with Crippen LogP contribution < -0.4 is 11.1 Å². The molecule has 2 rings (SSSR count). The van der Waals surface area contributed by atoms with Crippen LogP contribution in [0.15, 0.2) is 36.4 Å². The van der Waals surface area contributed by atoms with Crippen molar-refractivity contribution in [3.05, 3.63) is 42.0 Å². The molecule has 5 nitrogen and oxygen atoms in total. The third-order valence-electron chi connectivity index (χ3n) is 2.81. The van der Waals surface area contributed by atoms with E-state index in [2.05, 4.69) is 5.32 Å². The smallest absolute Gasteiger partial charge is 0.330 e. The summed E-state index contributed by atoms with van der Waals surface area (Å²) in [4.78, 5) is 22.1. The molecule has 4 N–H and O–H groups in total. The summed E-state index contributed by atoms with van der Waals surface area (Å²) in [5.41, 5.74) is 6.90. The van der Waals surface area contributed by atoms with Crippen molar-refractivity contribution in [3.63, 3.8) is 0 Å². The Bertz CT molecular complexity index is 652. The minimum Gasteiger partial charge on any atom is -0.480 e. The molecule has 0 heterocycles. The standard InChI is InChI=1S/C14H14N2O3/c1-8-2-3-10-7-11(5-4-9(10)6-8)16-13(17)12(15)14(18)19/h2-7,12H,15H2,1H3,(H,16,17)(H,18,19). The molecule has 5 heteroatoms. The number of carbonyl (C=O) groups is 2. The fourth-order valence-corrected chi connectivity index (χ4v) is 1.78. The van der Waals surface area contributed by atoms with E-state index in [-0.39, 0.29) is 0 Å². The lowest BCUT2D eigenvalue weighted by Gasteiger charge is -2.09. The van der Waals surface area contributed by atoms with Gasteiger partial charge in [-0.25, -0.2) is 4.79 Å². The second-order valence-corrected chi connectivity index (χ2v) is 4.37. The van der Waals surface area contributed by atoms with E-state index < -0.39 is 17.9 Å². The van der Waals surface area contributed by atoms with Gasteiger partial charge in [-0.3, -0.25) is 4.79 Å². The maximum absolute atomic E-state index is 11.5. The first-order chi connectivity index (χ1) is 8.97. The van der Waals surface area contributed by atoms with E-state index in [1.807, 2.05) is 31.2 Å². The van der Waals surface area contributed by atoms with Crippen molar-refractivity contribution < 1.29 is 14.7 Å². The van der Waals surface area contributed by atoms with Crippen LogP contribution in [0.2, 0.25) is 0 Å². The molecule has 1 amide bonds. The fourth-order valence-electron chi connectivity index (χ4n) is 1.78. The van der Waals surface area contributed by atoms with Crippen LogP contribution in [-0.2, 0) is 9.59 Å². The maximum atomic E-state index is 11.5. The number of carboxylic acid groups (broad SMARTS) is 1. The van der Waals surface area contributed by atoms with Crippen LogP contribution in [0.1, 0.15) is 5.56 Å². The van der Waals surface area contributed by atoms with Crippen molar-refractivity contribution >= 4 is 28.3 Å². The zero-order chi connectivity index (χ0) is 14.0. The molecule has 1 atom stereocenters. The number of aryl methyl sites for hydroxylation is 1. The first-order valence-corrected chi connectivity index (χ1v) is 5.77. The first kappa shape index (κ1) is 13.0. The van der Waals surface area contributed by atoms with Gasteiger partial charge >= 0.3 is 5.97 Å². The average molecular weight is 258 g/mol. The molecule has 0 fully saturated rings. The molecule has 19 heavy (non-hydrogen) atoms. The highest BCUT2D eigenvalue weighted by molar-refractivity contribution is 6.08. The lowest BCUT2D eigenvalue weighted by atomic mass is 10.1. The Morgan fingerprint density at radius 1 is 1.16 bits per heavy atom. The summed E-state index contributed by atoms with van der Waals surface area (Å²) in [6, 6.07) is 9.74. The predicted octanol–water partition coefficient (Wildman–Crippen LogP) is 1.50. The van der Waals surface area contributed by atoms with Gasteiger partial charge in [0.2, 0.25) is 0 Å². The number of amides is 1. The quantitative estimate of drug-likeness (QED) is 0.727. The fraction of sp³-hybridized carbons (Fsp3) is 0.143. The number of hydrogen-bond donors (Lipinski definition) is 3. The van der Waals surface area contributed by atoms with Gasteiger partial charge in [-0.1, -0.05) is 29.8 Å². The van der Waals surface area contributed by atoms with Crippen LogP contribution >= 0.6 is 0 Å². The number of carbonyl (C=O) groups excluding carboxylic acids is 1. The second kappa shape index (κ2) is 5.07. The van der Waals surface area contributed by atoms with Gasteiger partial charge in [0.25, 0.3) is 5.91 Å². The minimum atomic E-state index is -1.56. The lowest BCUT2D eigenvalue weighted by Crippen LogP contribution is -2.42. The molecule has 0 aliphatic carbocycles. The Labute approximate surface area is 110 Å². The van der Waals surface area contributed by atoms with E-state index >= 15 is 0 Å². The summed E-state index contributed by atoms with van der Waals surface area (Å²) in [5, 5.41) is 13.2. The van der Waals surface area contributed by atoms with Gasteiger partial charge in [0.15, 0.2) is 6.04 Å². The number of carboxylic acids is 1. The maximum Gasteiger partial charge on any atom is 0.330 e. The molecule has 0 bridgehead atoms. The van der Waals surface area contributed by atoms with Gasteiger partial charge in [0, 0.05) is 5.69 Å². The molecule has 0 radical (unpaired) electrons. The van der Waals surface area contributed by atoms with E-state index in [0.717, 1.165) is 16.3 Å². The molecule has 2 aromatic carbocycles. The van der Waals surface area contributed by atoms with Crippen molar-refractivity contribution in [1.82, 2.24) is 0 Å². The van der Waals surface area contributed by atoms with Crippen molar-refractivity contribution in [3.8, 4) is 0 Å². The number of benzene rings is 2. The summed E-state index contributed by atoms with van der Waals surface area (Å²) in [7, 11) is 0. The van der Waals surface area contributed by atoms with Gasteiger partial charge in [-0.2, -0.15) is 0 Å². The van der Waals surface area contributed by atoms with Crippen LogP contribution in [-0.4, -0.2) is 23.0 Å². The van der Waals surface area contributed by atoms with Gasteiger partial charge in [0.05, 0.1) is 0 Å². The van der Waals surface area contributed by atoms with Crippen molar-refractivity contribution in [2.75, 3.05) is 5.32 Å². The number of rotatable bonds is 3. The third-order valence-corrected chi connectivity index (χ3v) is 2.81. The highest BCUT2D eigenvalue weighted by atomic mass is 16.4. The average Bonchev–Trinajstić information content (AvgIpc) is 2.37. The van der Waals surface area contributed by atoms with E-state index in [0.29, 0.717) is 5.69 Å². The highest BCUT2D eigenvalue weighted by Gasteiger charge is 2.20. The van der Waals surface area contributed by atoms with Crippen LogP contribution in [0.25, 0.3) is 10.8 Å². The normalized spacial score (nSPS) is 12.1. The van der Waals surface area contributed by atoms with Crippen LogP contribution in [0.3, 0.4) is 0 Å². The molecular weight excluding hydrogens is 244 g/mol. The second-order valence-electron chi connectivity index (χ2n) is 4.37. The van der Waals surface area contributed by atoms with E-state index in [1.54, 1.807) is 12.1 Å². The van der Waals surface area contributed by atoms with E-state index in [9.17, 15) is 9.59 Å². The Morgan fingerprint density at radius 2 is 1.79 bits per heavy atom. The van der Waals surface area contributed by atoms with Gasteiger partial charge < -0.3 is 16.2 Å². The number of anilines is 1. The largest absolute Gasteiger partial charge is 0.480 e. The molecule has 0 saturated heterocycles. The highest BCUT2D eigenvalue weighted by Crippen LogP contribution is 2.20. The predicted molar refractivity (Wildman–Crippen MR) is 72.9 cm³/mol. The zero-order valence-electron chi connectivity index (χ0n) is 10.4. The van der Waals surface area contributed by atoms with Gasteiger partial charge in [-0.05, 0) is 29.8 Å². The van der Waals surface area contributed by atoms with Crippen molar-refractivity contribution in [2.45, 2.75) is 13.0 Å². The number of nitrogens with one attached hydrogen (secondary N) is 1. The summed E-state index contributed by atoms with van der Waals surface area (Å²) in [6.07, 6.45) is 0. The number of nitrogens with two attached hydrogens (primary N) is 1. The molecule has 2 aromatic rings. The zero-order valence-corrected chi connectivity index (χ0v) is 10.4. The summed E-state index contributed by atoms with van der Waals surface area (Å²) in [5.74, 6) is -2.09. The first-order valence-electron chi connectivity index (χ1n) is 5.77. The molecule has 0 saturated carbocycles. The van der Waals surface area contributed by atoms with Gasteiger partial charge in [-0.15, -0.1) is 0 Å². The Kier molecular flexibility index (Phi) is 3.48. The topological polar surface area (TPSA) is 92.4 Å². The molecule has 98 valence electrons. The van der Waals surface area contributed by atoms with Crippen LogP contribution in [0.5, 0.6) is 0 Å². The SMILES string of the molecule is Cc1ccc2cc(NC(=O)C(N)C(=O)O)ccc2c1. The third kappa shape index (κ3) is 2.89. The van der Waals surface area contributed by atoms with E-state index in [1.165, 1.54) is 0 Å². The Morgan fingerprint density at radius 3 is 2.47 bits per heavy atom.